The van der Waals surface area contributed by atoms with E-state index in [1.165, 1.54) is 0 Å². The van der Waals surface area contributed by atoms with E-state index in [4.69, 9.17) is 4.74 Å². The highest BCUT2D eigenvalue weighted by Crippen LogP contribution is 2.44. The quantitative estimate of drug-likeness (QED) is 0.813. The predicted octanol–water partition coefficient (Wildman–Crippen LogP) is 2.84. The van der Waals surface area contributed by atoms with Gasteiger partial charge in [-0.15, -0.1) is 0 Å². The molecule has 4 rings (SSSR count). The molecule has 122 valence electrons. The molecule has 2 aromatic rings. The zero-order valence-corrected chi connectivity index (χ0v) is 13.4. The van der Waals surface area contributed by atoms with Crippen molar-refractivity contribution in [2.45, 2.75) is 12.6 Å². The lowest BCUT2D eigenvalue weighted by molar-refractivity contribution is 0.0624. The van der Waals surface area contributed by atoms with E-state index in [0.717, 1.165) is 12.0 Å². The van der Waals surface area contributed by atoms with Gasteiger partial charge in [0.25, 0.3) is 11.8 Å². The zero-order valence-electron chi connectivity index (χ0n) is 13.4. The van der Waals surface area contributed by atoms with E-state index < -0.39 is 0 Å². The van der Waals surface area contributed by atoms with Gasteiger partial charge in [-0.05, 0) is 24.6 Å². The Balaban J connectivity index is 1.84. The summed E-state index contributed by atoms with van der Waals surface area (Å²) in [7, 11) is 1.65. The van der Waals surface area contributed by atoms with Crippen LogP contribution in [0.25, 0.3) is 0 Å². The van der Waals surface area contributed by atoms with E-state index in [2.05, 4.69) is 0 Å². The van der Waals surface area contributed by atoms with Crippen molar-refractivity contribution in [1.29, 1.82) is 0 Å². The van der Waals surface area contributed by atoms with Crippen molar-refractivity contribution < 1.29 is 14.3 Å². The number of benzene rings is 2. The second kappa shape index (κ2) is 5.76. The largest absolute Gasteiger partial charge is 0.385 e. The fourth-order valence-electron chi connectivity index (χ4n) is 3.58. The maximum Gasteiger partial charge on any atom is 0.260 e. The van der Waals surface area contributed by atoms with Gasteiger partial charge < -0.3 is 9.64 Å². The fraction of sp³-hybridized carbons (Fsp3) is 0.263. The molecule has 0 N–H and O–H groups in total. The average molecular weight is 322 g/mol. The third kappa shape index (κ3) is 2.05. The van der Waals surface area contributed by atoms with Gasteiger partial charge in [-0.3, -0.25) is 14.5 Å². The van der Waals surface area contributed by atoms with Crippen LogP contribution < -0.4 is 4.90 Å². The summed E-state index contributed by atoms with van der Waals surface area (Å²) in [5.41, 5.74) is 2.83. The molecule has 0 aromatic heterocycles. The zero-order chi connectivity index (χ0) is 16.7. The Bertz CT molecular complexity index is 818. The summed E-state index contributed by atoms with van der Waals surface area (Å²) < 4.78 is 5.12. The standard InChI is InChI=1S/C19H18N2O3/c1-24-12-6-11-20-17-13-7-2-3-8-14(13)19(23)21(17)16-10-5-4-9-15(16)18(20)22/h2-5,7-10,17H,6,11-12H2,1H3. The number of para-hydroxylation sites is 1. The van der Waals surface area contributed by atoms with E-state index in [0.29, 0.717) is 30.0 Å². The lowest BCUT2D eigenvalue weighted by Gasteiger charge is -2.41. The minimum Gasteiger partial charge on any atom is -0.385 e. The number of carbonyl (C=O) groups excluding carboxylic acids is 2. The first-order valence-electron chi connectivity index (χ1n) is 8.05. The molecule has 0 spiro atoms. The van der Waals surface area contributed by atoms with Gasteiger partial charge >= 0.3 is 0 Å². The van der Waals surface area contributed by atoms with Gasteiger partial charge in [-0.2, -0.15) is 0 Å². The third-order valence-corrected chi connectivity index (χ3v) is 4.63. The number of fused-ring (bicyclic) bond motifs is 5. The minimum atomic E-state index is -0.368. The Hall–Kier alpha value is -2.66. The van der Waals surface area contributed by atoms with Crippen molar-refractivity contribution in [3.8, 4) is 0 Å². The molecule has 5 heteroatoms. The van der Waals surface area contributed by atoms with Crippen LogP contribution in [-0.2, 0) is 4.74 Å². The molecule has 2 amide bonds. The Morgan fingerprint density at radius 2 is 1.67 bits per heavy atom. The van der Waals surface area contributed by atoms with Crippen LogP contribution in [0.1, 0.15) is 38.9 Å². The van der Waals surface area contributed by atoms with Gasteiger partial charge in [0.15, 0.2) is 0 Å². The fourth-order valence-corrected chi connectivity index (χ4v) is 3.58. The molecule has 0 saturated carbocycles. The molecule has 0 saturated heterocycles. The summed E-state index contributed by atoms with van der Waals surface area (Å²) in [6.07, 6.45) is 0.360. The lowest BCUT2D eigenvalue weighted by atomic mass is 10.0. The van der Waals surface area contributed by atoms with Crippen LogP contribution in [0.5, 0.6) is 0 Å². The molecular weight excluding hydrogens is 304 g/mol. The van der Waals surface area contributed by atoms with Crippen molar-refractivity contribution in [3.05, 3.63) is 65.2 Å². The van der Waals surface area contributed by atoms with Crippen molar-refractivity contribution in [1.82, 2.24) is 4.90 Å². The Labute approximate surface area is 140 Å². The van der Waals surface area contributed by atoms with Gasteiger partial charge in [-0.1, -0.05) is 30.3 Å². The lowest BCUT2D eigenvalue weighted by Crippen LogP contribution is -2.48. The van der Waals surface area contributed by atoms with Crippen LogP contribution in [0.3, 0.4) is 0 Å². The van der Waals surface area contributed by atoms with Crippen LogP contribution in [0.4, 0.5) is 5.69 Å². The molecule has 2 aromatic carbocycles. The van der Waals surface area contributed by atoms with Crippen molar-refractivity contribution >= 4 is 17.5 Å². The maximum absolute atomic E-state index is 13.0. The maximum atomic E-state index is 13.0. The molecule has 1 atom stereocenters. The predicted molar refractivity (Wildman–Crippen MR) is 90.0 cm³/mol. The molecule has 0 aliphatic carbocycles. The third-order valence-electron chi connectivity index (χ3n) is 4.63. The topological polar surface area (TPSA) is 49.9 Å². The van der Waals surface area contributed by atoms with E-state index >= 15 is 0 Å². The van der Waals surface area contributed by atoms with Crippen molar-refractivity contribution in [2.24, 2.45) is 0 Å². The SMILES string of the molecule is COCCCN1C(=O)c2ccccc2N2C(=O)c3ccccc3C12. The van der Waals surface area contributed by atoms with Gasteiger partial charge in [0.05, 0.1) is 11.3 Å². The second-order valence-electron chi connectivity index (χ2n) is 6.00. The summed E-state index contributed by atoms with van der Waals surface area (Å²) >= 11 is 0. The highest BCUT2D eigenvalue weighted by atomic mass is 16.5. The summed E-state index contributed by atoms with van der Waals surface area (Å²) in [6.45, 7) is 1.12. The van der Waals surface area contributed by atoms with Gasteiger partial charge in [0.1, 0.15) is 6.17 Å². The molecule has 0 fully saturated rings. The molecule has 1 unspecified atom stereocenters. The first kappa shape index (κ1) is 14.9. The van der Waals surface area contributed by atoms with Crippen LogP contribution in [0.15, 0.2) is 48.5 Å². The highest BCUT2D eigenvalue weighted by molar-refractivity contribution is 6.16. The van der Waals surface area contributed by atoms with Crippen LogP contribution in [0.2, 0.25) is 0 Å². The van der Waals surface area contributed by atoms with Crippen molar-refractivity contribution in [3.63, 3.8) is 0 Å². The van der Waals surface area contributed by atoms with Crippen molar-refractivity contribution in [2.75, 3.05) is 25.2 Å². The first-order valence-corrected chi connectivity index (χ1v) is 8.05. The Kier molecular flexibility index (Phi) is 3.58. The molecule has 2 aliphatic heterocycles. The molecule has 2 heterocycles. The summed E-state index contributed by atoms with van der Waals surface area (Å²) in [5, 5.41) is 0. The van der Waals surface area contributed by atoms with E-state index in [-0.39, 0.29) is 18.0 Å². The Morgan fingerprint density at radius 3 is 2.46 bits per heavy atom. The summed E-state index contributed by atoms with van der Waals surface area (Å²) in [5.74, 6) is -0.0836. The van der Waals surface area contributed by atoms with Gasteiger partial charge in [0.2, 0.25) is 0 Å². The first-order chi connectivity index (χ1) is 11.7. The average Bonchev–Trinajstić information content (AvgIpc) is 2.91. The van der Waals surface area contributed by atoms with E-state index in [9.17, 15) is 9.59 Å². The minimum absolute atomic E-state index is 0.0348. The van der Waals surface area contributed by atoms with Gasteiger partial charge in [0, 0.05) is 31.4 Å². The number of anilines is 1. The monoisotopic (exact) mass is 322 g/mol. The summed E-state index contributed by atoms with van der Waals surface area (Å²) in [6, 6.07) is 14.9. The number of hydrogen-bond acceptors (Lipinski definition) is 3. The molecule has 5 nitrogen and oxygen atoms in total. The van der Waals surface area contributed by atoms with E-state index in [1.54, 1.807) is 23.0 Å². The van der Waals surface area contributed by atoms with E-state index in [1.807, 2.05) is 42.5 Å². The molecule has 24 heavy (non-hydrogen) atoms. The number of ether oxygens (including phenoxy) is 1. The number of rotatable bonds is 4. The van der Waals surface area contributed by atoms with Gasteiger partial charge in [-0.25, -0.2) is 0 Å². The number of carbonyl (C=O) groups is 2. The number of nitrogens with zero attached hydrogens (tertiary/aromatic N) is 2. The van der Waals surface area contributed by atoms with Crippen LogP contribution in [0, 0.1) is 0 Å². The van der Waals surface area contributed by atoms with Crippen LogP contribution in [-0.4, -0.2) is 37.0 Å². The molecule has 0 bridgehead atoms. The normalized spacial score (nSPS) is 18.5. The molecule has 0 radical (unpaired) electrons. The number of hydrogen-bond donors (Lipinski definition) is 0. The summed E-state index contributed by atoms with van der Waals surface area (Å²) in [4.78, 5) is 29.5. The number of methoxy groups -OCH3 is 1. The molecule has 2 aliphatic rings. The second-order valence-corrected chi connectivity index (χ2v) is 6.00. The highest BCUT2D eigenvalue weighted by Gasteiger charge is 2.47. The van der Waals surface area contributed by atoms with Crippen LogP contribution >= 0.6 is 0 Å². The number of amides is 2. The Morgan fingerprint density at radius 1 is 0.958 bits per heavy atom. The molecular formula is C19H18N2O3. The smallest absolute Gasteiger partial charge is 0.260 e.